The number of aromatic nitrogens is 2. The number of piperidine rings is 1. The maximum absolute atomic E-state index is 12.1. The third kappa shape index (κ3) is 5.15. The smallest absolute Gasteiger partial charge is 0.243 e. The number of halogens is 1. The van der Waals surface area contributed by atoms with Crippen LogP contribution in [0.4, 0.5) is 17.3 Å². The fourth-order valence-electron chi connectivity index (χ4n) is 2.95. The van der Waals surface area contributed by atoms with Crippen LogP contribution in [0.25, 0.3) is 0 Å². The molecule has 0 aliphatic carbocycles. The highest BCUT2D eigenvalue weighted by molar-refractivity contribution is 9.10. The number of hydrogen-bond acceptors (Lipinski definition) is 6. The van der Waals surface area contributed by atoms with Crippen LogP contribution in [-0.2, 0) is 4.79 Å². The molecule has 2 aromatic rings. The normalized spacial score (nSPS) is 17.0. The van der Waals surface area contributed by atoms with Crippen molar-refractivity contribution in [3.05, 3.63) is 41.1 Å². The minimum absolute atomic E-state index is 0.117. The van der Waals surface area contributed by atoms with E-state index in [1.807, 2.05) is 30.3 Å². The van der Waals surface area contributed by atoms with Gasteiger partial charge in [0.15, 0.2) is 0 Å². The summed E-state index contributed by atoms with van der Waals surface area (Å²) in [5.74, 6) is 1.55. The Kier molecular flexibility index (Phi) is 6.40. The van der Waals surface area contributed by atoms with E-state index in [1.54, 1.807) is 0 Å². The van der Waals surface area contributed by atoms with Crippen LogP contribution in [0.2, 0.25) is 0 Å². The first-order valence-corrected chi connectivity index (χ1v) is 9.40. The van der Waals surface area contributed by atoms with E-state index >= 15 is 0 Å². The molecule has 3 N–H and O–H groups in total. The molecule has 1 saturated heterocycles. The fraction of sp³-hybridized carbons (Fsp3) is 0.389. The lowest BCUT2D eigenvalue weighted by molar-refractivity contribution is -0.114. The molecule has 0 bridgehead atoms. The largest absolute Gasteiger partial charge is 0.396 e. The molecule has 8 heteroatoms. The third-order valence-electron chi connectivity index (χ3n) is 4.31. The summed E-state index contributed by atoms with van der Waals surface area (Å²) in [5.41, 5.74) is 0.742. The zero-order valence-electron chi connectivity index (χ0n) is 14.4. The van der Waals surface area contributed by atoms with Gasteiger partial charge in [-0.2, -0.15) is 0 Å². The summed E-state index contributed by atoms with van der Waals surface area (Å²) in [6, 6.07) is 9.25. The van der Waals surface area contributed by atoms with Crippen molar-refractivity contribution in [3.63, 3.8) is 0 Å². The van der Waals surface area contributed by atoms with E-state index < -0.39 is 0 Å². The average molecular weight is 420 g/mol. The van der Waals surface area contributed by atoms with Crippen LogP contribution in [0, 0.1) is 5.92 Å². The summed E-state index contributed by atoms with van der Waals surface area (Å²) in [6.45, 7) is 2.02. The lowest BCUT2D eigenvalue weighted by Gasteiger charge is -2.32. The molecule has 0 saturated carbocycles. The number of carbonyl (C=O) groups is 1. The Morgan fingerprint density at radius 3 is 2.88 bits per heavy atom. The van der Waals surface area contributed by atoms with E-state index in [0.29, 0.717) is 5.82 Å². The summed E-state index contributed by atoms with van der Waals surface area (Å²) < 4.78 is 0.961. The Labute approximate surface area is 161 Å². The molecule has 2 heterocycles. The number of hydrogen-bond donors (Lipinski definition) is 3. The maximum Gasteiger partial charge on any atom is 0.243 e. The van der Waals surface area contributed by atoms with Gasteiger partial charge < -0.3 is 20.6 Å². The van der Waals surface area contributed by atoms with Crippen LogP contribution in [0.1, 0.15) is 12.8 Å². The van der Waals surface area contributed by atoms with E-state index in [-0.39, 0.29) is 25.0 Å². The van der Waals surface area contributed by atoms with E-state index in [9.17, 15) is 9.90 Å². The Balaban J connectivity index is 1.55. The van der Waals surface area contributed by atoms with Crippen LogP contribution in [0.5, 0.6) is 0 Å². The molecule has 138 valence electrons. The zero-order valence-corrected chi connectivity index (χ0v) is 15.9. The van der Waals surface area contributed by atoms with Gasteiger partial charge in [0.1, 0.15) is 18.0 Å². The van der Waals surface area contributed by atoms with Crippen LogP contribution in [0.15, 0.2) is 41.1 Å². The summed E-state index contributed by atoms with van der Waals surface area (Å²) in [5, 5.41) is 15.2. The van der Waals surface area contributed by atoms with Crippen molar-refractivity contribution >= 4 is 39.2 Å². The van der Waals surface area contributed by atoms with Crippen LogP contribution in [0.3, 0.4) is 0 Å². The molecule has 0 spiro atoms. The molecule has 1 unspecified atom stereocenters. The van der Waals surface area contributed by atoms with E-state index in [0.717, 1.165) is 41.9 Å². The number of nitrogens with zero attached hydrogens (tertiary/aromatic N) is 3. The van der Waals surface area contributed by atoms with Crippen molar-refractivity contribution in [2.75, 3.05) is 41.8 Å². The molecule has 1 aromatic heterocycles. The number of aliphatic hydroxyl groups is 1. The molecule has 7 nitrogen and oxygen atoms in total. The second-order valence-corrected chi connectivity index (χ2v) is 7.22. The summed E-state index contributed by atoms with van der Waals surface area (Å²) in [4.78, 5) is 22.7. The number of anilines is 3. The van der Waals surface area contributed by atoms with Gasteiger partial charge in [0, 0.05) is 35.9 Å². The molecule has 1 amide bonds. The van der Waals surface area contributed by atoms with Crippen molar-refractivity contribution < 1.29 is 9.90 Å². The van der Waals surface area contributed by atoms with Crippen molar-refractivity contribution in [1.82, 2.24) is 9.97 Å². The standard InChI is InChI=1S/C18H22BrN5O2/c19-14-3-5-15(6-4-14)23-18(26)9-20-16-8-17(22-12-21-16)24-7-1-2-13(10-24)11-25/h3-6,8,12-13,25H,1-2,7,9-11H2,(H,23,26)(H,20,21,22). The predicted octanol–water partition coefficient (Wildman–Crippen LogP) is 2.50. The first kappa shape index (κ1) is 18.6. The first-order chi connectivity index (χ1) is 12.6. The van der Waals surface area contributed by atoms with Gasteiger partial charge in [-0.25, -0.2) is 9.97 Å². The molecule has 1 aliphatic rings. The van der Waals surface area contributed by atoms with Crippen LogP contribution >= 0.6 is 15.9 Å². The van der Waals surface area contributed by atoms with Crippen molar-refractivity contribution in [2.24, 2.45) is 5.92 Å². The Morgan fingerprint density at radius 1 is 1.31 bits per heavy atom. The lowest BCUT2D eigenvalue weighted by Crippen LogP contribution is -2.37. The molecular weight excluding hydrogens is 398 g/mol. The zero-order chi connectivity index (χ0) is 18.4. The monoisotopic (exact) mass is 419 g/mol. The Hall–Kier alpha value is -2.19. The Bertz CT molecular complexity index is 741. The highest BCUT2D eigenvalue weighted by atomic mass is 79.9. The van der Waals surface area contributed by atoms with Gasteiger partial charge in [0.05, 0.1) is 6.54 Å². The van der Waals surface area contributed by atoms with Crippen molar-refractivity contribution in [2.45, 2.75) is 12.8 Å². The third-order valence-corrected chi connectivity index (χ3v) is 4.84. The molecule has 3 rings (SSSR count). The molecular formula is C18H22BrN5O2. The second kappa shape index (κ2) is 8.95. The predicted molar refractivity (Wildman–Crippen MR) is 105 cm³/mol. The first-order valence-electron chi connectivity index (χ1n) is 8.61. The number of benzene rings is 1. The molecule has 1 aliphatic heterocycles. The summed E-state index contributed by atoms with van der Waals surface area (Å²) >= 11 is 3.36. The minimum atomic E-state index is -0.147. The van der Waals surface area contributed by atoms with Gasteiger partial charge >= 0.3 is 0 Å². The second-order valence-electron chi connectivity index (χ2n) is 6.31. The molecule has 26 heavy (non-hydrogen) atoms. The van der Waals surface area contributed by atoms with Crippen molar-refractivity contribution in [1.29, 1.82) is 0 Å². The molecule has 1 fully saturated rings. The molecule has 1 aromatic carbocycles. The van der Waals surface area contributed by atoms with Crippen molar-refractivity contribution in [3.8, 4) is 0 Å². The highest BCUT2D eigenvalue weighted by Gasteiger charge is 2.20. The number of amides is 1. The highest BCUT2D eigenvalue weighted by Crippen LogP contribution is 2.22. The number of nitrogens with one attached hydrogen (secondary N) is 2. The van der Waals surface area contributed by atoms with E-state index in [2.05, 4.69) is 41.4 Å². The van der Waals surface area contributed by atoms with Gasteiger partial charge in [-0.05, 0) is 43.0 Å². The van der Waals surface area contributed by atoms with Gasteiger partial charge in [-0.15, -0.1) is 0 Å². The topological polar surface area (TPSA) is 90.4 Å². The van der Waals surface area contributed by atoms with E-state index in [4.69, 9.17) is 0 Å². The van der Waals surface area contributed by atoms with Gasteiger partial charge in [-0.1, -0.05) is 15.9 Å². The SMILES string of the molecule is O=C(CNc1cc(N2CCCC(CO)C2)ncn1)Nc1ccc(Br)cc1. The quantitative estimate of drug-likeness (QED) is 0.666. The summed E-state index contributed by atoms with van der Waals surface area (Å²) in [7, 11) is 0. The van der Waals surface area contributed by atoms with Crippen LogP contribution < -0.4 is 15.5 Å². The van der Waals surface area contributed by atoms with Gasteiger partial charge in [-0.3, -0.25) is 4.79 Å². The van der Waals surface area contributed by atoms with E-state index in [1.165, 1.54) is 6.33 Å². The van der Waals surface area contributed by atoms with Crippen LogP contribution in [-0.4, -0.2) is 47.2 Å². The molecule has 0 radical (unpaired) electrons. The number of aliphatic hydroxyl groups excluding tert-OH is 1. The van der Waals surface area contributed by atoms with Gasteiger partial charge in [0.2, 0.25) is 5.91 Å². The average Bonchev–Trinajstić information content (AvgIpc) is 2.68. The maximum atomic E-state index is 12.1. The minimum Gasteiger partial charge on any atom is -0.396 e. The van der Waals surface area contributed by atoms with Gasteiger partial charge in [0.25, 0.3) is 0 Å². The number of rotatable bonds is 6. The Morgan fingerprint density at radius 2 is 2.12 bits per heavy atom. The fourth-order valence-corrected chi connectivity index (χ4v) is 3.21. The number of carbonyl (C=O) groups excluding carboxylic acids is 1. The lowest BCUT2D eigenvalue weighted by atomic mass is 9.99. The summed E-state index contributed by atoms with van der Waals surface area (Å²) in [6.07, 6.45) is 3.57. The molecule has 1 atom stereocenters.